The molecule has 2 aromatic heterocycles. The van der Waals surface area contributed by atoms with Gasteiger partial charge in [-0.2, -0.15) is 0 Å². The minimum absolute atomic E-state index is 0.0972. The average Bonchev–Trinajstić information content (AvgIpc) is 3.33. The Labute approximate surface area is 191 Å². The van der Waals surface area contributed by atoms with Crippen LogP contribution in [0.15, 0.2) is 46.6 Å². The number of aromatic amines is 1. The van der Waals surface area contributed by atoms with Crippen LogP contribution in [-0.2, 0) is 16.0 Å². The number of amides is 1. The van der Waals surface area contributed by atoms with Crippen molar-refractivity contribution in [3.8, 4) is 0 Å². The third-order valence-corrected chi connectivity index (χ3v) is 6.60. The predicted octanol–water partition coefficient (Wildman–Crippen LogP) is 3.12. The number of anilines is 1. The quantitative estimate of drug-likeness (QED) is 0.575. The van der Waals surface area contributed by atoms with Crippen LogP contribution in [0, 0.1) is 13.8 Å². The Morgan fingerprint density at radius 1 is 1.22 bits per heavy atom. The topological polar surface area (TPSA) is 87.3 Å². The lowest BCUT2D eigenvalue weighted by atomic mass is 10.0. The summed E-state index contributed by atoms with van der Waals surface area (Å²) >= 11 is 1.61. The van der Waals surface area contributed by atoms with E-state index in [1.807, 2.05) is 60.5 Å². The maximum atomic E-state index is 12.8. The molecule has 3 aromatic rings. The number of carbonyl (C=O) groups excluding carboxylic acids is 1. The number of hydrogen-bond donors (Lipinski definition) is 2. The van der Waals surface area contributed by atoms with Crippen molar-refractivity contribution in [2.45, 2.75) is 32.7 Å². The number of morpholine rings is 1. The Kier molecular flexibility index (Phi) is 7.02. The summed E-state index contributed by atoms with van der Waals surface area (Å²) < 4.78 is 5.36. The van der Waals surface area contributed by atoms with Crippen molar-refractivity contribution in [3.63, 3.8) is 0 Å². The van der Waals surface area contributed by atoms with E-state index in [-0.39, 0.29) is 23.9 Å². The lowest BCUT2D eigenvalue weighted by Crippen LogP contribution is -2.38. The fourth-order valence-corrected chi connectivity index (χ4v) is 4.62. The number of thiophene rings is 1. The normalized spacial score (nSPS) is 14.9. The van der Waals surface area contributed by atoms with Gasteiger partial charge in [0.05, 0.1) is 19.3 Å². The summed E-state index contributed by atoms with van der Waals surface area (Å²) in [7, 11) is 0. The van der Waals surface area contributed by atoms with E-state index in [0.717, 1.165) is 10.4 Å². The van der Waals surface area contributed by atoms with E-state index < -0.39 is 0 Å². The van der Waals surface area contributed by atoms with Crippen LogP contribution < -0.4 is 15.8 Å². The molecule has 1 aliphatic rings. The fraction of sp³-hybridized carbons (Fsp3) is 0.375. The number of hydrogen-bond acceptors (Lipinski definition) is 6. The molecule has 1 unspecified atom stereocenters. The number of ether oxygens (including phenoxy) is 1. The molecule has 0 spiro atoms. The summed E-state index contributed by atoms with van der Waals surface area (Å²) in [4.78, 5) is 36.1. The lowest BCUT2D eigenvalue weighted by molar-refractivity contribution is -0.121. The Bertz CT molecular complexity index is 1100. The second-order valence-electron chi connectivity index (χ2n) is 7.98. The maximum absolute atomic E-state index is 12.8. The van der Waals surface area contributed by atoms with Gasteiger partial charge in [-0.1, -0.05) is 35.9 Å². The molecule has 1 fully saturated rings. The van der Waals surface area contributed by atoms with Crippen LogP contribution in [0.3, 0.4) is 0 Å². The van der Waals surface area contributed by atoms with E-state index in [2.05, 4.69) is 15.3 Å². The van der Waals surface area contributed by atoms with E-state index in [0.29, 0.717) is 49.9 Å². The molecule has 4 rings (SSSR count). The van der Waals surface area contributed by atoms with E-state index >= 15 is 0 Å². The molecule has 0 aliphatic carbocycles. The number of carbonyl (C=O) groups is 1. The molecule has 1 atom stereocenters. The predicted molar refractivity (Wildman–Crippen MR) is 126 cm³/mol. The number of rotatable bonds is 7. The smallest absolute Gasteiger partial charge is 0.255 e. The SMILES string of the molecule is Cc1ccc(C(NC(=O)CCc2c(C)nc(N3CCOCC3)[nH]c2=O)c2cccs2)cc1. The first-order valence-electron chi connectivity index (χ1n) is 10.8. The third kappa shape index (κ3) is 5.26. The summed E-state index contributed by atoms with van der Waals surface area (Å²) in [6.45, 7) is 6.52. The Morgan fingerprint density at radius 3 is 2.62 bits per heavy atom. The van der Waals surface area contributed by atoms with Gasteiger partial charge in [0.1, 0.15) is 0 Å². The van der Waals surface area contributed by atoms with Crippen LogP contribution in [0.25, 0.3) is 0 Å². The van der Waals surface area contributed by atoms with Crippen LogP contribution in [0.5, 0.6) is 0 Å². The van der Waals surface area contributed by atoms with Gasteiger partial charge in [-0.25, -0.2) is 4.98 Å². The maximum Gasteiger partial charge on any atom is 0.255 e. The van der Waals surface area contributed by atoms with Gasteiger partial charge in [0.2, 0.25) is 11.9 Å². The fourth-order valence-electron chi connectivity index (χ4n) is 3.82. The molecule has 8 heteroatoms. The van der Waals surface area contributed by atoms with Gasteiger partial charge in [-0.05, 0) is 37.3 Å². The summed E-state index contributed by atoms with van der Waals surface area (Å²) in [5.74, 6) is 0.473. The number of H-pyrrole nitrogens is 1. The van der Waals surface area contributed by atoms with Crippen molar-refractivity contribution in [2.75, 3.05) is 31.2 Å². The molecular weight excluding hydrogens is 424 g/mol. The molecule has 1 saturated heterocycles. The molecule has 7 nitrogen and oxygen atoms in total. The third-order valence-electron chi connectivity index (χ3n) is 5.67. The van der Waals surface area contributed by atoms with Crippen molar-refractivity contribution in [3.05, 3.63) is 79.4 Å². The van der Waals surface area contributed by atoms with Crippen LogP contribution in [-0.4, -0.2) is 42.2 Å². The van der Waals surface area contributed by atoms with Gasteiger partial charge in [0.25, 0.3) is 5.56 Å². The molecule has 168 valence electrons. The second-order valence-corrected chi connectivity index (χ2v) is 8.96. The largest absolute Gasteiger partial charge is 0.378 e. The van der Waals surface area contributed by atoms with E-state index in [9.17, 15) is 9.59 Å². The highest BCUT2D eigenvalue weighted by molar-refractivity contribution is 7.10. The molecule has 0 bridgehead atoms. The van der Waals surface area contributed by atoms with Crippen molar-refractivity contribution in [2.24, 2.45) is 0 Å². The van der Waals surface area contributed by atoms with Crippen molar-refractivity contribution in [1.82, 2.24) is 15.3 Å². The number of aromatic nitrogens is 2. The van der Waals surface area contributed by atoms with Gasteiger partial charge >= 0.3 is 0 Å². The van der Waals surface area contributed by atoms with E-state index in [4.69, 9.17) is 4.74 Å². The zero-order chi connectivity index (χ0) is 22.5. The summed E-state index contributed by atoms with van der Waals surface area (Å²) in [5, 5.41) is 5.15. The highest BCUT2D eigenvalue weighted by Crippen LogP contribution is 2.26. The molecule has 1 aliphatic heterocycles. The first-order valence-corrected chi connectivity index (χ1v) is 11.7. The van der Waals surface area contributed by atoms with Gasteiger partial charge in [-0.3, -0.25) is 14.6 Å². The van der Waals surface area contributed by atoms with Crippen LogP contribution in [0.2, 0.25) is 0 Å². The molecule has 1 aromatic carbocycles. The highest BCUT2D eigenvalue weighted by Gasteiger charge is 2.20. The number of benzene rings is 1. The Hall–Kier alpha value is -2.97. The first-order chi connectivity index (χ1) is 15.5. The molecule has 0 saturated carbocycles. The van der Waals surface area contributed by atoms with E-state index in [1.165, 1.54) is 5.56 Å². The number of nitrogens with one attached hydrogen (secondary N) is 2. The van der Waals surface area contributed by atoms with Crippen LogP contribution in [0.4, 0.5) is 5.95 Å². The first kappa shape index (κ1) is 22.2. The van der Waals surface area contributed by atoms with Gasteiger partial charge in [-0.15, -0.1) is 11.3 Å². The van der Waals surface area contributed by atoms with Crippen LogP contribution >= 0.6 is 11.3 Å². The number of nitrogens with zero attached hydrogens (tertiary/aromatic N) is 2. The van der Waals surface area contributed by atoms with Crippen LogP contribution in [0.1, 0.15) is 39.7 Å². The lowest BCUT2D eigenvalue weighted by Gasteiger charge is -2.27. The summed E-state index contributed by atoms with van der Waals surface area (Å²) in [6, 6.07) is 12.0. The second kappa shape index (κ2) is 10.1. The van der Waals surface area contributed by atoms with Crippen molar-refractivity contribution in [1.29, 1.82) is 0 Å². The molecular formula is C24H28N4O3S. The number of aryl methyl sites for hydroxylation is 2. The molecule has 2 N–H and O–H groups in total. The Balaban J connectivity index is 1.44. The minimum atomic E-state index is -0.204. The molecule has 0 radical (unpaired) electrons. The average molecular weight is 453 g/mol. The molecule has 1 amide bonds. The summed E-state index contributed by atoms with van der Waals surface area (Å²) in [6.07, 6.45) is 0.560. The summed E-state index contributed by atoms with van der Waals surface area (Å²) in [5.41, 5.74) is 3.25. The molecule has 3 heterocycles. The van der Waals surface area contributed by atoms with Gasteiger partial charge < -0.3 is 15.0 Å². The van der Waals surface area contributed by atoms with Crippen molar-refractivity contribution >= 4 is 23.2 Å². The zero-order valence-electron chi connectivity index (χ0n) is 18.4. The minimum Gasteiger partial charge on any atom is -0.378 e. The monoisotopic (exact) mass is 452 g/mol. The standard InChI is InChI=1S/C24H28N4O3S/c1-16-5-7-18(8-6-16)22(20-4-3-15-32-20)26-21(29)10-9-19-17(2)25-24(27-23(19)30)28-11-13-31-14-12-28/h3-8,15,22H,9-14H2,1-2H3,(H,26,29)(H,25,27,30). The van der Waals surface area contributed by atoms with Gasteiger partial charge in [0, 0.05) is 35.6 Å². The van der Waals surface area contributed by atoms with E-state index in [1.54, 1.807) is 11.3 Å². The Morgan fingerprint density at radius 2 is 1.97 bits per heavy atom. The zero-order valence-corrected chi connectivity index (χ0v) is 19.2. The van der Waals surface area contributed by atoms with Crippen molar-refractivity contribution < 1.29 is 9.53 Å². The highest BCUT2D eigenvalue weighted by atomic mass is 32.1. The molecule has 32 heavy (non-hydrogen) atoms. The van der Waals surface area contributed by atoms with Gasteiger partial charge in [0.15, 0.2) is 0 Å².